The highest BCUT2D eigenvalue weighted by Gasteiger charge is 2.43. The van der Waals surface area contributed by atoms with Gasteiger partial charge in [0.15, 0.2) is 6.23 Å². The van der Waals surface area contributed by atoms with Crippen molar-refractivity contribution in [1.82, 2.24) is 4.90 Å². The van der Waals surface area contributed by atoms with E-state index in [4.69, 9.17) is 0 Å². The van der Waals surface area contributed by atoms with E-state index in [1.165, 1.54) is 0 Å². The van der Waals surface area contributed by atoms with Crippen LogP contribution in [0.2, 0.25) is 0 Å². The van der Waals surface area contributed by atoms with Crippen LogP contribution in [0.3, 0.4) is 0 Å². The van der Waals surface area contributed by atoms with Crippen molar-refractivity contribution >= 4 is 5.97 Å². The Labute approximate surface area is 92.5 Å². The summed E-state index contributed by atoms with van der Waals surface area (Å²) < 4.78 is 40.6. The van der Waals surface area contributed by atoms with Crippen molar-refractivity contribution < 1.29 is 22.7 Å². The molecule has 3 nitrogen and oxygen atoms in total. The number of halogens is 3. The van der Waals surface area contributed by atoms with Crippen molar-refractivity contribution in [2.45, 2.75) is 45.0 Å². The second-order valence-electron chi connectivity index (χ2n) is 3.89. The Hall–Kier alpha value is -0.780. The molecule has 94 valence electrons. The lowest BCUT2D eigenvalue weighted by atomic mass is 10.1. The number of rotatable bonds is 3. The van der Waals surface area contributed by atoms with Crippen LogP contribution in [0.5, 0.6) is 0 Å². The third-order valence-corrected chi connectivity index (χ3v) is 2.54. The van der Waals surface area contributed by atoms with E-state index in [0.717, 1.165) is 19.3 Å². The highest BCUT2D eigenvalue weighted by atomic mass is 19.4. The topological polar surface area (TPSA) is 29.5 Å². The monoisotopic (exact) mass is 239 g/mol. The number of alkyl halides is 3. The molecule has 0 radical (unpaired) electrons. The Morgan fingerprint density at radius 2 is 2.12 bits per heavy atom. The minimum Gasteiger partial charge on any atom is -0.440 e. The molecule has 0 aliphatic carbocycles. The zero-order valence-corrected chi connectivity index (χ0v) is 9.22. The summed E-state index contributed by atoms with van der Waals surface area (Å²) in [7, 11) is 0. The largest absolute Gasteiger partial charge is 0.490 e. The molecule has 1 unspecified atom stereocenters. The Kier molecular flexibility index (Phi) is 4.58. The molecule has 0 N–H and O–H groups in total. The van der Waals surface area contributed by atoms with E-state index >= 15 is 0 Å². The van der Waals surface area contributed by atoms with E-state index < -0.39 is 18.4 Å². The van der Waals surface area contributed by atoms with Crippen molar-refractivity contribution in [3.63, 3.8) is 0 Å². The predicted octanol–water partition coefficient (Wildman–Crippen LogP) is 2.31. The number of carbonyl (C=O) groups excluding carboxylic acids is 1. The molecule has 0 saturated carbocycles. The van der Waals surface area contributed by atoms with Crippen LogP contribution in [0, 0.1) is 0 Å². The van der Waals surface area contributed by atoms with E-state index in [9.17, 15) is 18.0 Å². The minimum absolute atomic E-state index is 0.488. The van der Waals surface area contributed by atoms with Gasteiger partial charge in [-0.25, -0.2) is 4.79 Å². The highest BCUT2D eigenvalue weighted by Crippen LogP contribution is 2.23. The molecule has 0 spiro atoms. The molecule has 1 rings (SSSR count). The Morgan fingerprint density at radius 3 is 2.69 bits per heavy atom. The first kappa shape index (κ1) is 13.3. The van der Waals surface area contributed by atoms with Gasteiger partial charge in [-0.05, 0) is 25.7 Å². The smallest absolute Gasteiger partial charge is 0.440 e. The number of piperidine rings is 1. The fraction of sp³-hybridized carbons (Fsp3) is 0.900. The summed E-state index contributed by atoms with van der Waals surface area (Å²) in [5.41, 5.74) is 0. The number of carbonyl (C=O) groups is 1. The lowest BCUT2D eigenvalue weighted by Gasteiger charge is -2.34. The number of nitrogens with zero attached hydrogens (tertiary/aromatic N) is 1. The van der Waals surface area contributed by atoms with Crippen molar-refractivity contribution in [2.75, 3.05) is 13.1 Å². The molecule has 0 aromatic rings. The zero-order valence-electron chi connectivity index (χ0n) is 9.22. The fourth-order valence-electron chi connectivity index (χ4n) is 1.83. The Morgan fingerprint density at radius 1 is 1.44 bits per heavy atom. The van der Waals surface area contributed by atoms with Crippen LogP contribution >= 0.6 is 0 Å². The number of likely N-dealkylation sites (tertiary alicyclic amines) is 1. The Bertz CT molecular complexity index is 241. The molecule has 1 aliphatic rings. The molecule has 1 atom stereocenters. The first-order valence-corrected chi connectivity index (χ1v) is 5.47. The summed E-state index contributed by atoms with van der Waals surface area (Å²) in [4.78, 5) is 12.5. The van der Waals surface area contributed by atoms with Crippen LogP contribution in [0.25, 0.3) is 0 Å². The SMILES string of the molecule is CCCN1CCCCC1OC(=O)C(F)(F)F. The second-order valence-corrected chi connectivity index (χ2v) is 3.89. The molecule has 0 aromatic heterocycles. The van der Waals surface area contributed by atoms with Gasteiger partial charge >= 0.3 is 12.1 Å². The van der Waals surface area contributed by atoms with Crippen molar-refractivity contribution in [1.29, 1.82) is 0 Å². The lowest BCUT2D eigenvalue weighted by molar-refractivity contribution is -0.215. The van der Waals surface area contributed by atoms with Crippen molar-refractivity contribution in [3.8, 4) is 0 Å². The number of hydrogen-bond acceptors (Lipinski definition) is 3. The number of hydrogen-bond donors (Lipinski definition) is 0. The van der Waals surface area contributed by atoms with Crippen molar-refractivity contribution in [2.24, 2.45) is 0 Å². The van der Waals surface area contributed by atoms with Gasteiger partial charge in [0.05, 0.1) is 0 Å². The Balaban J connectivity index is 2.52. The summed E-state index contributed by atoms with van der Waals surface area (Å²) in [6.07, 6.45) is -2.53. The molecular weight excluding hydrogens is 223 g/mol. The molecule has 1 aliphatic heterocycles. The van der Waals surface area contributed by atoms with Crippen LogP contribution < -0.4 is 0 Å². The van der Waals surface area contributed by atoms with E-state index in [-0.39, 0.29) is 0 Å². The average molecular weight is 239 g/mol. The van der Waals surface area contributed by atoms with Gasteiger partial charge in [-0.3, -0.25) is 4.90 Å². The van der Waals surface area contributed by atoms with Gasteiger partial charge in [0.25, 0.3) is 0 Å². The molecule has 0 amide bonds. The van der Waals surface area contributed by atoms with Crippen LogP contribution in [0.4, 0.5) is 13.2 Å². The summed E-state index contributed by atoms with van der Waals surface area (Å²) >= 11 is 0. The van der Waals surface area contributed by atoms with Crippen LogP contribution in [0.1, 0.15) is 32.6 Å². The minimum atomic E-state index is -4.89. The molecule has 1 fully saturated rings. The van der Waals surface area contributed by atoms with E-state index in [1.807, 2.05) is 6.92 Å². The number of esters is 1. The molecule has 6 heteroatoms. The zero-order chi connectivity index (χ0) is 12.2. The van der Waals surface area contributed by atoms with Gasteiger partial charge in [0.1, 0.15) is 0 Å². The lowest BCUT2D eigenvalue weighted by Crippen LogP contribution is -2.44. The predicted molar refractivity (Wildman–Crippen MR) is 51.7 cm³/mol. The summed E-state index contributed by atoms with van der Waals surface area (Å²) in [5.74, 6) is -2.08. The van der Waals surface area contributed by atoms with Crippen molar-refractivity contribution in [3.05, 3.63) is 0 Å². The van der Waals surface area contributed by atoms with Gasteiger partial charge in [-0.15, -0.1) is 0 Å². The molecule has 1 saturated heterocycles. The normalized spacial score (nSPS) is 23.1. The van der Waals surface area contributed by atoms with E-state index in [0.29, 0.717) is 19.5 Å². The van der Waals surface area contributed by atoms with Gasteiger partial charge in [-0.2, -0.15) is 13.2 Å². The fourth-order valence-corrected chi connectivity index (χ4v) is 1.83. The molecule has 16 heavy (non-hydrogen) atoms. The van der Waals surface area contributed by atoms with Gasteiger partial charge in [0.2, 0.25) is 0 Å². The van der Waals surface area contributed by atoms with Gasteiger partial charge in [0, 0.05) is 13.1 Å². The van der Waals surface area contributed by atoms with Crippen LogP contribution in [-0.2, 0) is 9.53 Å². The third-order valence-electron chi connectivity index (χ3n) is 2.54. The highest BCUT2D eigenvalue weighted by molar-refractivity contribution is 5.75. The van der Waals surface area contributed by atoms with Gasteiger partial charge in [-0.1, -0.05) is 6.92 Å². The molecule has 1 heterocycles. The van der Waals surface area contributed by atoms with Gasteiger partial charge < -0.3 is 4.74 Å². The first-order chi connectivity index (χ1) is 7.45. The average Bonchev–Trinajstić information content (AvgIpc) is 2.20. The number of ether oxygens (including phenoxy) is 1. The quantitative estimate of drug-likeness (QED) is 0.708. The first-order valence-electron chi connectivity index (χ1n) is 5.47. The summed E-state index contributed by atoms with van der Waals surface area (Å²) in [6.45, 7) is 3.30. The van der Waals surface area contributed by atoms with E-state index in [2.05, 4.69) is 4.74 Å². The summed E-state index contributed by atoms with van der Waals surface area (Å²) in [5, 5.41) is 0. The second kappa shape index (κ2) is 5.52. The summed E-state index contributed by atoms with van der Waals surface area (Å²) in [6, 6.07) is 0. The molecule has 0 bridgehead atoms. The maximum absolute atomic E-state index is 12.0. The van der Waals surface area contributed by atoms with E-state index in [1.54, 1.807) is 4.90 Å². The maximum atomic E-state index is 12.0. The maximum Gasteiger partial charge on any atom is 0.490 e. The third kappa shape index (κ3) is 3.66. The molecular formula is C10H16F3NO2. The van der Waals surface area contributed by atoms with Crippen LogP contribution in [0.15, 0.2) is 0 Å². The molecule has 0 aromatic carbocycles. The standard InChI is InChI=1S/C10H16F3NO2/c1-2-6-14-7-4-3-5-8(14)16-9(15)10(11,12)13/h8H,2-7H2,1H3. The van der Waals surface area contributed by atoms with Crippen LogP contribution in [-0.4, -0.2) is 36.4 Å².